The van der Waals surface area contributed by atoms with Crippen molar-refractivity contribution in [2.75, 3.05) is 25.5 Å². The number of anilines is 1. The lowest BCUT2D eigenvalue weighted by Crippen LogP contribution is -2.35. The SMILES string of the molecule is CN(CC(=O)Nc1ccc(Cl)c(C(F)(F)F)c1)C(=O)CCN. The molecule has 0 radical (unpaired) electrons. The summed E-state index contributed by atoms with van der Waals surface area (Å²) in [5.41, 5.74) is 4.13. The van der Waals surface area contributed by atoms with Gasteiger partial charge in [-0.2, -0.15) is 13.2 Å². The molecular weight excluding hydrogens is 323 g/mol. The van der Waals surface area contributed by atoms with Crippen molar-refractivity contribution in [1.29, 1.82) is 0 Å². The number of alkyl halides is 3. The molecule has 0 unspecified atom stereocenters. The van der Waals surface area contributed by atoms with E-state index in [1.165, 1.54) is 13.1 Å². The third kappa shape index (κ3) is 5.19. The van der Waals surface area contributed by atoms with Gasteiger partial charge in [0, 0.05) is 25.7 Å². The van der Waals surface area contributed by atoms with Gasteiger partial charge in [0.15, 0.2) is 0 Å². The highest BCUT2D eigenvalue weighted by Crippen LogP contribution is 2.36. The lowest BCUT2D eigenvalue weighted by atomic mass is 10.2. The minimum Gasteiger partial charge on any atom is -0.336 e. The second kappa shape index (κ2) is 7.46. The first-order chi connectivity index (χ1) is 10.1. The van der Waals surface area contributed by atoms with E-state index in [9.17, 15) is 22.8 Å². The van der Waals surface area contributed by atoms with Crippen molar-refractivity contribution in [3.63, 3.8) is 0 Å². The number of rotatable bonds is 5. The molecule has 1 aromatic rings. The Labute approximate surface area is 130 Å². The van der Waals surface area contributed by atoms with Crippen molar-refractivity contribution < 1.29 is 22.8 Å². The maximum absolute atomic E-state index is 12.7. The van der Waals surface area contributed by atoms with Crippen LogP contribution in [-0.2, 0) is 15.8 Å². The molecule has 0 fully saturated rings. The predicted molar refractivity (Wildman–Crippen MR) is 76.4 cm³/mol. The minimum atomic E-state index is -4.62. The first-order valence-electron chi connectivity index (χ1n) is 6.25. The molecule has 0 saturated heterocycles. The third-order valence-electron chi connectivity index (χ3n) is 2.72. The van der Waals surface area contributed by atoms with Gasteiger partial charge in [-0.05, 0) is 18.2 Å². The Balaban J connectivity index is 2.75. The van der Waals surface area contributed by atoms with Crippen LogP contribution in [0, 0.1) is 0 Å². The number of benzene rings is 1. The standard InChI is InChI=1S/C13H15ClF3N3O2/c1-20(12(22)4-5-18)7-11(21)19-8-2-3-10(14)9(6-8)13(15,16)17/h2-3,6H,4-5,7,18H2,1H3,(H,19,21). The van der Waals surface area contributed by atoms with Crippen LogP contribution in [0.15, 0.2) is 18.2 Å². The molecule has 0 heterocycles. The van der Waals surface area contributed by atoms with Crippen molar-refractivity contribution >= 4 is 29.1 Å². The summed E-state index contributed by atoms with van der Waals surface area (Å²) in [6.07, 6.45) is -4.53. The monoisotopic (exact) mass is 337 g/mol. The van der Waals surface area contributed by atoms with E-state index < -0.39 is 22.7 Å². The zero-order valence-electron chi connectivity index (χ0n) is 11.7. The quantitative estimate of drug-likeness (QED) is 0.864. The van der Waals surface area contributed by atoms with Crippen LogP contribution < -0.4 is 11.1 Å². The van der Waals surface area contributed by atoms with Gasteiger partial charge in [-0.3, -0.25) is 9.59 Å². The fourth-order valence-corrected chi connectivity index (χ4v) is 1.86. The second-order valence-electron chi connectivity index (χ2n) is 4.53. The molecule has 3 N–H and O–H groups in total. The average molecular weight is 338 g/mol. The van der Waals surface area contributed by atoms with E-state index >= 15 is 0 Å². The van der Waals surface area contributed by atoms with Crippen LogP contribution in [0.1, 0.15) is 12.0 Å². The summed E-state index contributed by atoms with van der Waals surface area (Å²) < 4.78 is 38.1. The van der Waals surface area contributed by atoms with E-state index in [4.69, 9.17) is 17.3 Å². The summed E-state index contributed by atoms with van der Waals surface area (Å²) in [6, 6.07) is 3.03. The molecule has 0 aliphatic rings. The van der Waals surface area contributed by atoms with Crippen LogP contribution in [0.5, 0.6) is 0 Å². The van der Waals surface area contributed by atoms with Crippen LogP contribution in [0.4, 0.5) is 18.9 Å². The molecule has 0 bridgehead atoms. The van der Waals surface area contributed by atoms with Crippen molar-refractivity contribution in [1.82, 2.24) is 4.90 Å². The topological polar surface area (TPSA) is 75.4 Å². The summed E-state index contributed by atoms with van der Waals surface area (Å²) >= 11 is 5.48. The molecule has 2 amide bonds. The zero-order chi connectivity index (χ0) is 16.9. The van der Waals surface area contributed by atoms with E-state index in [0.29, 0.717) is 0 Å². The van der Waals surface area contributed by atoms with Gasteiger partial charge in [-0.15, -0.1) is 0 Å². The molecule has 0 aliphatic heterocycles. The molecule has 5 nitrogen and oxygen atoms in total. The molecule has 22 heavy (non-hydrogen) atoms. The largest absolute Gasteiger partial charge is 0.417 e. The van der Waals surface area contributed by atoms with E-state index in [1.54, 1.807) is 0 Å². The van der Waals surface area contributed by atoms with Gasteiger partial charge in [0.25, 0.3) is 0 Å². The number of hydrogen-bond donors (Lipinski definition) is 2. The highest BCUT2D eigenvalue weighted by Gasteiger charge is 2.33. The smallest absolute Gasteiger partial charge is 0.336 e. The molecule has 9 heteroatoms. The molecule has 0 aliphatic carbocycles. The fourth-order valence-electron chi connectivity index (χ4n) is 1.64. The van der Waals surface area contributed by atoms with Crippen LogP contribution in [0.25, 0.3) is 0 Å². The maximum Gasteiger partial charge on any atom is 0.417 e. The number of halogens is 4. The maximum atomic E-state index is 12.7. The summed E-state index contributed by atoms with van der Waals surface area (Å²) in [5, 5.41) is 1.83. The van der Waals surface area contributed by atoms with Gasteiger partial charge in [0.05, 0.1) is 17.1 Å². The molecule has 1 rings (SSSR count). The normalized spacial score (nSPS) is 11.2. The van der Waals surface area contributed by atoms with Crippen molar-refractivity contribution in [3.05, 3.63) is 28.8 Å². The summed E-state index contributed by atoms with van der Waals surface area (Å²) in [6.45, 7) is -0.139. The fraction of sp³-hybridized carbons (Fsp3) is 0.385. The van der Waals surface area contributed by atoms with Gasteiger partial charge < -0.3 is 16.0 Å². The van der Waals surface area contributed by atoms with Crippen molar-refractivity contribution in [2.24, 2.45) is 5.73 Å². The number of carbonyl (C=O) groups is 2. The first kappa shape index (κ1) is 18.2. The molecule has 122 valence electrons. The zero-order valence-corrected chi connectivity index (χ0v) is 12.5. The van der Waals surface area contributed by atoms with E-state index in [2.05, 4.69) is 5.32 Å². The average Bonchev–Trinajstić information content (AvgIpc) is 2.39. The van der Waals surface area contributed by atoms with Crippen LogP contribution >= 0.6 is 11.6 Å². The van der Waals surface area contributed by atoms with Crippen molar-refractivity contribution in [3.8, 4) is 0 Å². The predicted octanol–water partition coefficient (Wildman–Crippen LogP) is 2.10. The number of likely N-dealkylation sites (N-methyl/N-ethyl adjacent to an activating group) is 1. The summed E-state index contributed by atoms with van der Waals surface area (Å²) in [4.78, 5) is 24.3. The van der Waals surface area contributed by atoms with Gasteiger partial charge in [-0.1, -0.05) is 11.6 Å². The number of carbonyl (C=O) groups excluding carboxylic acids is 2. The Morgan fingerprint density at radius 2 is 2.00 bits per heavy atom. The molecule has 0 spiro atoms. The Bertz CT molecular complexity index is 564. The Morgan fingerprint density at radius 3 is 2.55 bits per heavy atom. The number of nitrogens with one attached hydrogen (secondary N) is 1. The molecular formula is C13H15ClF3N3O2. The van der Waals surface area contributed by atoms with Crippen molar-refractivity contribution in [2.45, 2.75) is 12.6 Å². The molecule has 0 saturated carbocycles. The Kier molecular flexibility index (Phi) is 6.19. The number of nitrogens with zero attached hydrogens (tertiary/aromatic N) is 1. The van der Waals surface area contributed by atoms with Gasteiger partial charge in [0.2, 0.25) is 11.8 Å². The molecule has 1 aromatic carbocycles. The van der Waals surface area contributed by atoms with Gasteiger partial charge in [-0.25, -0.2) is 0 Å². The molecule has 0 aromatic heterocycles. The minimum absolute atomic E-state index is 0.0543. The Morgan fingerprint density at radius 1 is 1.36 bits per heavy atom. The lowest BCUT2D eigenvalue weighted by molar-refractivity contribution is -0.137. The lowest BCUT2D eigenvalue weighted by Gasteiger charge is -2.17. The highest BCUT2D eigenvalue weighted by atomic mass is 35.5. The van der Waals surface area contributed by atoms with Gasteiger partial charge >= 0.3 is 6.18 Å². The first-order valence-corrected chi connectivity index (χ1v) is 6.63. The molecule has 0 atom stereocenters. The summed E-state index contributed by atoms with van der Waals surface area (Å²) in [7, 11) is 1.40. The van der Waals surface area contributed by atoms with Crippen LogP contribution in [0.2, 0.25) is 5.02 Å². The van der Waals surface area contributed by atoms with Gasteiger partial charge in [0.1, 0.15) is 0 Å². The summed E-state index contributed by atoms with van der Waals surface area (Å²) in [5.74, 6) is -0.951. The van der Waals surface area contributed by atoms with Crippen LogP contribution in [0.3, 0.4) is 0 Å². The number of hydrogen-bond acceptors (Lipinski definition) is 3. The van der Waals surface area contributed by atoms with E-state index in [0.717, 1.165) is 17.0 Å². The number of amides is 2. The third-order valence-corrected chi connectivity index (χ3v) is 3.05. The van der Waals surface area contributed by atoms with E-state index in [1.807, 2.05) is 0 Å². The highest BCUT2D eigenvalue weighted by molar-refractivity contribution is 6.31. The second-order valence-corrected chi connectivity index (χ2v) is 4.94. The number of nitrogens with two attached hydrogens (primary N) is 1. The van der Waals surface area contributed by atoms with Crippen LogP contribution in [-0.4, -0.2) is 36.9 Å². The Hall–Kier alpha value is -1.80. The van der Waals surface area contributed by atoms with E-state index in [-0.39, 0.29) is 31.1 Å².